The molecule has 0 aliphatic heterocycles. The molecule has 0 bridgehead atoms. The van der Waals surface area contributed by atoms with Gasteiger partial charge >= 0.3 is 12.1 Å². The first kappa shape index (κ1) is 11.3. The number of carboxylic acid groups (broad SMARTS) is 1. The monoisotopic (exact) mass is 224 g/mol. The second kappa shape index (κ2) is 3.79. The molecule has 0 aromatic carbocycles. The highest BCUT2D eigenvalue weighted by Gasteiger charge is 2.30. The van der Waals surface area contributed by atoms with Gasteiger partial charge in [0.05, 0.1) is 0 Å². The van der Waals surface area contributed by atoms with Crippen LogP contribution < -0.4 is 4.74 Å². The average Bonchev–Trinajstić information content (AvgIpc) is 2.42. The van der Waals surface area contributed by atoms with Crippen LogP contribution in [-0.2, 0) is 7.05 Å². The van der Waals surface area contributed by atoms with Gasteiger partial charge in [0, 0.05) is 13.2 Å². The molecule has 0 fully saturated rings. The van der Waals surface area contributed by atoms with Gasteiger partial charge in [-0.15, -0.1) is 5.10 Å². The second-order valence-electron chi connectivity index (χ2n) is 2.73. The van der Waals surface area contributed by atoms with E-state index < -0.39 is 30.2 Å². The molecule has 0 amide bonds. The maximum atomic E-state index is 11.8. The lowest BCUT2D eigenvalue weighted by molar-refractivity contribution is -0.154. The summed E-state index contributed by atoms with van der Waals surface area (Å²) < 4.78 is 40.6. The van der Waals surface area contributed by atoms with Crippen molar-refractivity contribution < 1.29 is 27.8 Å². The van der Waals surface area contributed by atoms with Gasteiger partial charge in [-0.1, -0.05) is 0 Å². The topological polar surface area (TPSA) is 64.4 Å². The molecular weight excluding hydrogens is 217 g/mol. The molecule has 0 aliphatic rings. The molecule has 5 nitrogen and oxygen atoms in total. The quantitative estimate of drug-likeness (QED) is 0.833. The van der Waals surface area contributed by atoms with Crippen molar-refractivity contribution >= 4 is 5.97 Å². The number of hydrogen-bond acceptors (Lipinski definition) is 3. The van der Waals surface area contributed by atoms with Crippen LogP contribution >= 0.6 is 0 Å². The molecule has 0 spiro atoms. The molecule has 1 aromatic rings. The Kier molecular flexibility index (Phi) is 2.87. The maximum absolute atomic E-state index is 11.8. The summed E-state index contributed by atoms with van der Waals surface area (Å²) in [5, 5.41) is 12.0. The minimum absolute atomic E-state index is 0.401. The van der Waals surface area contributed by atoms with Gasteiger partial charge in [-0.25, -0.2) is 4.79 Å². The molecule has 0 unspecified atom stereocenters. The van der Waals surface area contributed by atoms with Gasteiger partial charge in [0.25, 0.3) is 0 Å². The predicted octanol–water partition coefficient (Wildman–Crippen LogP) is 1.06. The van der Waals surface area contributed by atoms with Gasteiger partial charge in [-0.05, 0) is 0 Å². The molecule has 8 heteroatoms. The summed E-state index contributed by atoms with van der Waals surface area (Å²) in [4.78, 5) is 10.5. The Bertz CT molecular complexity index is 372. The number of aromatic nitrogens is 2. The van der Waals surface area contributed by atoms with E-state index in [1.54, 1.807) is 0 Å². The third-order valence-corrected chi connectivity index (χ3v) is 1.40. The summed E-state index contributed by atoms with van der Waals surface area (Å²) in [7, 11) is 1.38. The highest BCUT2D eigenvalue weighted by molar-refractivity contribution is 5.89. The number of carboxylic acids is 1. The van der Waals surface area contributed by atoms with E-state index in [4.69, 9.17) is 5.11 Å². The molecular formula is C7H7F3N2O3. The fraction of sp³-hybridized carbons (Fsp3) is 0.429. The average molecular weight is 224 g/mol. The molecule has 0 saturated heterocycles. The van der Waals surface area contributed by atoms with E-state index in [9.17, 15) is 18.0 Å². The van der Waals surface area contributed by atoms with Crippen molar-refractivity contribution in [1.29, 1.82) is 0 Å². The van der Waals surface area contributed by atoms with Crippen molar-refractivity contribution in [2.24, 2.45) is 7.05 Å². The SMILES string of the molecule is Cn1cc(C(=O)O)c(OCC(F)(F)F)n1. The number of rotatable bonds is 3. The highest BCUT2D eigenvalue weighted by Crippen LogP contribution is 2.20. The Balaban J connectivity index is 2.80. The van der Waals surface area contributed by atoms with Crippen molar-refractivity contribution in [3.8, 4) is 5.88 Å². The smallest absolute Gasteiger partial charge is 0.422 e. The van der Waals surface area contributed by atoms with Crippen molar-refractivity contribution in [3.05, 3.63) is 11.8 Å². The summed E-state index contributed by atoms with van der Waals surface area (Å²) in [6, 6.07) is 0. The molecule has 84 valence electrons. The van der Waals surface area contributed by atoms with E-state index in [-0.39, 0.29) is 0 Å². The largest absolute Gasteiger partial charge is 0.477 e. The Morgan fingerprint density at radius 2 is 2.27 bits per heavy atom. The van der Waals surface area contributed by atoms with Gasteiger partial charge in [-0.2, -0.15) is 13.2 Å². The number of hydrogen-bond donors (Lipinski definition) is 1. The molecule has 15 heavy (non-hydrogen) atoms. The zero-order valence-electron chi connectivity index (χ0n) is 7.58. The minimum Gasteiger partial charge on any atom is -0.477 e. The first-order valence-electron chi connectivity index (χ1n) is 3.76. The Hall–Kier alpha value is -1.73. The van der Waals surface area contributed by atoms with E-state index in [1.165, 1.54) is 7.05 Å². The van der Waals surface area contributed by atoms with Crippen LogP contribution in [0.2, 0.25) is 0 Å². The van der Waals surface area contributed by atoms with E-state index in [0.717, 1.165) is 10.9 Å². The zero-order chi connectivity index (χ0) is 11.6. The van der Waals surface area contributed by atoms with Crippen molar-refractivity contribution in [2.45, 2.75) is 6.18 Å². The summed E-state index contributed by atoms with van der Waals surface area (Å²) in [6.07, 6.45) is -3.46. The molecule has 0 saturated carbocycles. The fourth-order valence-corrected chi connectivity index (χ4v) is 0.872. The van der Waals surface area contributed by atoms with Crippen LogP contribution in [0.4, 0.5) is 13.2 Å². The Labute approximate surface area is 82.1 Å². The van der Waals surface area contributed by atoms with Crippen LogP contribution in [-0.4, -0.2) is 33.6 Å². The third kappa shape index (κ3) is 3.15. The lowest BCUT2D eigenvalue weighted by Gasteiger charge is -2.06. The first-order chi connectivity index (χ1) is 6.79. The number of nitrogens with zero attached hydrogens (tertiary/aromatic N) is 2. The Morgan fingerprint density at radius 1 is 1.67 bits per heavy atom. The predicted molar refractivity (Wildman–Crippen MR) is 41.7 cm³/mol. The lowest BCUT2D eigenvalue weighted by Crippen LogP contribution is -2.20. The number of alkyl halides is 3. The molecule has 0 radical (unpaired) electrons. The molecule has 1 heterocycles. The maximum Gasteiger partial charge on any atom is 0.422 e. The summed E-state index contributed by atoms with van der Waals surface area (Å²) in [5.74, 6) is -1.93. The lowest BCUT2D eigenvalue weighted by atomic mass is 10.3. The summed E-state index contributed by atoms with van der Waals surface area (Å²) in [6.45, 7) is -1.57. The molecule has 1 rings (SSSR count). The van der Waals surface area contributed by atoms with E-state index in [0.29, 0.717) is 0 Å². The normalized spacial score (nSPS) is 11.5. The standard InChI is InChI=1S/C7H7F3N2O3/c1-12-2-4(6(13)14)5(11-12)15-3-7(8,9)10/h2H,3H2,1H3,(H,13,14). The molecule has 1 aromatic heterocycles. The Morgan fingerprint density at radius 3 is 2.73 bits per heavy atom. The third-order valence-electron chi connectivity index (χ3n) is 1.40. The number of ether oxygens (including phenoxy) is 1. The highest BCUT2D eigenvalue weighted by atomic mass is 19.4. The van der Waals surface area contributed by atoms with E-state index in [2.05, 4.69) is 9.84 Å². The van der Waals surface area contributed by atoms with Gasteiger partial charge in [0.15, 0.2) is 6.61 Å². The van der Waals surface area contributed by atoms with Crippen LogP contribution in [0.3, 0.4) is 0 Å². The number of aryl methyl sites for hydroxylation is 1. The van der Waals surface area contributed by atoms with Crippen molar-refractivity contribution in [3.63, 3.8) is 0 Å². The number of halogens is 3. The van der Waals surface area contributed by atoms with Crippen LogP contribution in [0.25, 0.3) is 0 Å². The van der Waals surface area contributed by atoms with Crippen molar-refractivity contribution in [2.75, 3.05) is 6.61 Å². The van der Waals surface area contributed by atoms with Crippen LogP contribution in [0.15, 0.2) is 6.20 Å². The second-order valence-corrected chi connectivity index (χ2v) is 2.73. The van der Waals surface area contributed by atoms with Crippen LogP contribution in [0, 0.1) is 0 Å². The van der Waals surface area contributed by atoms with E-state index >= 15 is 0 Å². The van der Waals surface area contributed by atoms with Gasteiger partial charge in [-0.3, -0.25) is 4.68 Å². The molecule has 1 N–H and O–H groups in total. The van der Waals surface area contributed by atoms with Crippen molar-refractivity contribution in [1.82, 2.24) is 9.78 Å². The van der Waals surface area contributed by atoms with E-state index in [1.807, 2.05) is 0 Å². The fourth-order valence-electron chi connectivity index (χ4n) is 0.872. The minimum atomic E-state index is -4.52. The van der Waals surface area contributed by atoms with Crippen LogP contribution in [0.5, 0.6) is 5.88 Å². The molecule has 0 aliphatic carbocycles. The number of carbonyl (C=O) groups is 1. The van der Waals surface area contributed by atoms with Gasteiger partial charge < -0.3 is 9.84 Å². The summed E-state index contributed by atoms with van der Waals surface area (Å²) >= 11 is 0. The zero-order valence-corrected chi connectivity index (χ0v) is 7.58. The summed E-state index contributed by atoms with van der Waals surface area (Å²) in [5.41, 5.74) is -0.401. The number of aromatic carboxylic acids is 1. The van der Waals surface area contributed by atoms with Gasteiger partial charge in [0.1, 0.15) is 5.56 Å². The van der Waals surface area contributed by atoms with Gasteiger partial charge in [0.2, 0.25) is 5.88 Å². The van der Waals surface area contributed by atoms with Crippen LogP contribution in [0.1, 0.15) is 10.4 Å². The first-order valence-corrected chi connectivity index (χ1v) is 3.76. The molecule has 0 atom stereocenters.